The molecule has 37 heavy (non-hydrogen) atoms. The predicted octanol–water partition coefficient (Wildman–Crippen LogP) is 6.94. The van der Waals surface area contributed by atoms with Crippen molar-refractivity contribution in [2.45, 2.75) is 0 Å². The first-order valence-electron chi connectivity index (χ1n) is 10.7. The molecular weight excluding hydrogens is 652 g/mol. The Labute approximate surface area is 240 Å². The third-order valence-corrected chi connectivity index (χ3v) is 7.34. The van der Waals surface area contributed by atoms with E-state index in [2.05, 4.69) is 0 Å². The number of methoxy groups -OCH3 is 1. The second-order valence-corrected chi connectivity index (χ2v) is 10.5. The van der Waals surface area contributed by atoms with Crippen LogP contribution in [0, 0.1) is 3.57 Å². The number of hydrogen-bond acceptors (Lipinski definition) is 7. The number of esters is 1. The number of hydrogen-bond donors (Lipinski definition) is 0. The van der Waals surface area contributed by atoms with Gasteiger partial charge in [-0.2, -0.15) is 0 Å². The number of rotatable bonds is 8. The van der Waals surface area contributed by atoms with Gasteiger partial charge in [0.1, 0.15) is 12.4 Å². The van der Waals surface area contributed by atoms with Gasteiger partial charge in [0.2, 0.25) is 0 Å². The molecule has 4 rings (SSSR count). The van der Waals surface area contributed by atoms with Gasteiger partial charge in [0.05, 0.1) is 32.7 Å². The second-order valence-electron chi connectivity index (χ2n) is 7.55. The van der Waals surface area contributed by atoms with Gasteiger partial charge in [0.25, 0.3) is 11.1 Å². The van der Waals surface area contributed by atoms with Gasteiger partial charge in [-0.05, 0) is 88.5 Å². The van der Waals surface area contributed by atoms with Crippen LogP contribution in [-0.2, 0) is 4.79 Å². The van der Waals surface area contributed by atoms with Gasteiger partial charge in [-0.15, -0.1) is 0 Å². The molecule has 0 aromatic heterocycles. The largest absolute Gasteiger partial charge is 0.493 e. The number of thioether (sulfide) groups is 1. The molecule has 0 N–H and O–H groups in total. The topological polar surface area (TPSA) is 82.1 Å². The zero-order valence-electron chi connectivity index (χ0n) is 19.2. The summed E-state index contributed by atoms with van der Waals surface area (Å²) in [6, 6.07) is 16.7. The Morgan fingerprint density at radius 1 is 1.05 bits per heavy atom. The summed E-state index contributed by atoms with van der Waals surface area (Å²) in [6.45, 7) is 0.180. The summed E-state index contributed by atoms with van der Waals surface area (Å²) in [6.07, 6.45) is 1.59. The fourth-order valence-corrected chi connectivity index (χ4v) is 5.32. The molecule has 0 spiro atoms. The highest BCUT2D eigenvalue weighted by molar-refractivity contribution is 14.1. The lowest BCUT2D eigenvalue weighted by atomic mass is 10.1. The van der Waals surface area contributed by atoms with E-state index >= 15 is 0 Å². The van der Waals surface area contributed by atoms with E-state index in [1.807, 2.05) is 22.6 Å². The normalized spacial score (nSPS) is 14.3. The highest BCUT2D eigenvalue weighted by Gasteiger charge is 2.35. The van der Waals surface area contributed by atoms with Crippen molar-refractivity contribution < 1.29 is 28.6 Å². The van der Waals surface area contributed by atoms with Crippen molar-refractivity contribution in [3.8, 4) is 17.2 Å². The zero-order valence-corrected chi connectivity index (χ0v) is 23.7. The molecule has 0 bridgehead atoms. The van der Waals surface area contributed by atoms with E-state index in [9.17, 15) is 14.4 Å². The number of ether oxygens (including phenoxy) is 3. The van der Waals surface area contributed by atoms with Gasteiger partial charge in [-0.1, -0.05) is 41.4 Å². The van der Waals surface area contributed by atoms with E-state index in [-0.39, 0.29) is 23.8 Å². The molecule has 2 amide bonds. The van der Waals surface area contributed by atoms with Crippen LogP contribution < -0.4 is 14.2 Å². The molecular formula is C26H18Cl2INO6S. The number of nitrogens with zero attached hydrogens (tertiary/aromatic N) is 1. The van der Waals surface area contributed by atoms with Crippen molar-refractivity contribution >= 4 is 80.7 Å². The van der Waals surface area contributed by atoms with Gasteiger partial charge in [0.15, 0.2) is 11.5 Å². The van der Waals surface area contributed by atoms with Crippen LogP contribution in [0.5, 0.6) is 17.2 Å². The number of imide groups is 1. The first-order chi connectivity index (χ1) is 17.8. The summed E-state index contributed by atoms with van der Waals surface area (Å²) in [5, 5.41) is 0.463. The lowest BCUT2D eigenvalue weighted by molar-refractivity contribution is -0.123. The average molecular weight is 670 g/mol. The van der Waals surface area contributed by atoms with Crippen molar-refractivity contribution in [3.05, 3.63) is 90.3 Å². The fourth-order valence-electron chi connectivity index (χ4n) is 3.34. The van der Waals surface area contributed by atoms with Crippen LogP contribution in [0.15, 0.2) is 65.6 Å². The fraction of sp³-hybridized carbons (Fsp3) is 0.115. The van der Waals surface area contributed by atoms with E-state index in [1.54, 1.807) is 60.7 Å². The molecule has 1 aliphatic heterocycles. The van der Waals surface area contributed by atoms with Crippen LogP contribution >= 0.6 is 57.6 Å². The monoisotopic (exact) mass is 669 g/mol. The summed E-state index contributed by atoms with van der Waals surface area (Å²) in [4.78, 5) is 39.3. The van der Waals surface area contributed by atoms with Crippen LogP contribution in [0.1, 0.15) is 15.9 Å². The number of carbonyl (C=O) groups is 3. The molecule has 3 aromatic carbocycles. The number of carbonyl (C=O) groups excluding carboxylic acids is 3. The Kier molecular flexibility index (Phi) is 9.01. The summed E-state index contributed by atoms with van der Waals surface area (Å²) in [5.74, 6) is -0.0183. The summed E-state index contributed by atoms with van der Waals surface area (Å²) < 4.78 is 17.2. The van der Waals surface area contributed by atoms with E-state index in [0.29, 0.717) is 36.2 Å². The van der Waals surface area contributed by atoms with Crippen molar-refractivity contribution in [1.29, 1.82) is 0 Å². The maximum absolute atomic E-state index is 12.9. The Bertz CT molecular complexity index is 1410. The van der Waals surface area contributed by atoms with E-state index in [0.717, 1.165) is 16.7 Å². The number of amides is 2. The molecule has 7 nitrogen and oxygen atoms in total. The summed E-state index contributed by atoms with van der Waals surface area (Å²) in [5.41, 5.74) is 0.892. The minimum Gasteiger partial charge on any atom is -0.493 e. The number of benzene rings is 3. The first-order valence-corrected chi connectivity index (χ1v) is 13.4. The minimum atomic E-state index is -0.591. The van der Waals surface area contributed by atoms with Crippen molar-refractivity contribution in [3.63, 3.8) is 0 Å². The molecule has 11 heteroatoms. The van der Waals surface area contributed by atoms with Gasteiger partial charge in [0, 0.05) is 5.02 Å². The smallest absolute Gasteiger partial charge is 0.343 e. The van der Waals surface area contributed by atoms with E-state index in [1.165, 1.54) is 13.2 Å². The molecule has 0 atom stereocenters. The van der Waals surface area contributed by atoms with Gasteiger partial charge >= 0.3 is 5.97 Å². The quantitative estimate of drug-likeness (QED) is 0.111. The molecule has 0 saturated carbocycles. The molecule has 1 heterocycles. The lowest BCUT2D eigenvalue weighted by Crippen LogP contribution is -2.32. The van der Waals surface area contributed by atoms with Crippen LogP contribution in [0.3, 0.4) is 0 Å². The van der Waals surface area contributed by atoms with Gasteiger partial charge in [-0.3, -0.25) is 14.5 Å². The molecule has 0 unspecified atom stereocenters. The third kappa shape index (κ3) is 6.59. The molecule has 190 valence electrons. The zero-order chi connectivity index (χ0) is 26.5. The SMILES string of the molecule is COc1cc(/C=C2\SC(=O)N(CCOc3ccccc3Cl)C2=O)cc(I)c1OC(=O)c1cccc(Cl)c1. The standard InChI is InChI=1S/C26H18Cl2INO6S/c1-34-21-12-15(11-19(29)23(21)36-25(32)16-5-4-6-17(27)14-16)13-22-24(31)30(26(33)37-22)9-10-35-20-8-3-2-7-18(20)28/h2-8,11-14H,9-10H2,1H3/b22-13-. The van der Waals surface area contributed by atoms with E-state index < -0.39 is 17.1 Å². The maximum atomic E-state index is 12.9. The highest BCUT2D eigenvalue weighted by atomic mass is 127. The van der Waals surface area contributed by atoms with Crippen LogP contribution in [0.2, 0.25) is 10.0 Å². The first kappa shape index (κ1) is 27.3. The lowest BCUT2D eigenvalue weighted by Gasteiger charge is -2.14. The van der Waals surface area contributed by atoms with E-state index in [4.69, 9.17) is 37.4 Å². The molecule has 0 radical (unpaired) electrons. The predicted molar refractivity (Wildman–Crippen MR) is 152 cm³/mol. The molecule has 1 fully saturated rings. The van der Waals surface area contributed by atoms with Crippen LogP contribution in [0.4, 0.5) is 4.79 Å². The second kappa shape index (κ2) is 12.2. The van der Waals surface area contributed by atoms with Crippen molar-refractivity contribution in [2.24, 2.45) is 0 Å². The Morgan fingerprint density at radius 3 is 2.57 bits per heavy atom. The Morgan fingerprint density at radius 2 is 1.84 bits per heavy atom. The van der Waals surface area contributed by atoms with Gasteiger partial charge in [-0.25, -0.2) is 4.79 Å². The van der Waals surface area contributed by atoms with Crippen molar-refractivity contribution in [2.75, 3.05) is 20.3 Å². The van der Waals surface area contributed by atoms with Crippen LogP contribution in [-0.4, -0.2) is 42.3 Å². The minimum absolute atomic E-state index is 0.0759. The molecule has 3 aromatic rings. The molecule has 0 aliphatic carbocycles. The highest BCUT2D eigenvalue weighted by Crippen LogP contribution is 2.37. The Balaban J connectivity index is 1.48. The summed E-state index contributed by atoms with van der Waals surface area (Å²) in [7, 11) is 1.44. The van der Waals surface area contributed by atoms with Crippen LogP contribution in [0.25, 0.3) is 6.08 Å². The molecule has 1 saturated heterocycles. The summed E-state index contributed by atoms with van der Waals surface area (Å²) >= 11 is 14.9. The average Bonchev–Trinajstić information content (AvgIpc) is 3.13. The van der Waals surface area contributed by atoms with Crippen molar-refractivity contribution in [1.82, 2.24) is 4.90 Å². The number of para-hydroxylation sites is 1. The maximum Gasteiger partial charge on any atom is 0.343 e. The van der Waals surface area contributed by atoms with Gasteiger partial charge < -0.3 is 14.2 Å². The third-order valence-electron chi connectivity index (χ3n) is 5.09. The Hall–Kier alpha value is -2.73. The number of halogens is 3. The molecule has 1 aliphatic rings.